The van der Waals surface area contributed by atoms with Crippen LogP contribution in [0.4, 0.5) is 0 Å². The van der Waals surface area contributed by atoms with Gasteiger partial charge in [0.25, 0.3) is 0 Å². The first-order valence-corrected chi connectivity index (χ1v) is 7.10. The predicted octanol–water partition coefficient (Wildman–Crippen LogP) is 3.79. The lowest BCUT2D eigenvalue weighted by molar-refractivity contribution is 0.256. The zero-order valence-electron chi connectivity index (χ0n) is 12.2. The molecule has 0 heterocycles. The molecule has 1 aromatic carbocycles. The SMILES string of the molecule is CCNC(CCOc1cccc(C)c1)C(C)CC. The number of hydrogen-bond donors (Lipinski definition) is 1. The Bertz CT molecular complexity index is 338. The number of rotatable bonds is 8. The second-order valence-electron chi connectivity index (χ2n) is 5.00. The van der Waals surface area contributed by atoms with Crippen molar-refractivity contribution in [2.45, 2.75) is 46.6 Å². The fourth-order valence-electron chi connectivity index (χ4n) is 2.14. The van der Waals surface area contributed by atoms with Crippen molar-refractivity contribution in [3.63, 3.8) is 0 Å². The summed E-state index contributed by atoms with van der Waals surface area (Å²) < 4.78 is 5.82. The van der Waals surface area contributed by atoms with E-state index in [1.165, 1.54) is 12.0 Å². The number of ether oxygens (including phenoxy) is 1. The molecule has 0 aromatic heterocycles. The van der Waals surface area contributed by atoms with Crippen LogP contribution in [-0.4, -0.2) is 19.2 Å². The Balaban J connectivity index is 2.38. The van der Waals surface area contributed by atoms with Crippen LogP contribution in [0.5, 0.6) is 5.75 Å². The summed E-state index contributed by atoms with van der Waals surface area (Å²) in [6.07, 6.45) is 2.28. The summed E-state index contributed by atoms with van der Waals surface area (Å²) in [5, 5.41) is 3.55. The molecule has 0 radical (unpaired) electrons. The normalized spacial score (nSPS) is 14.2. The van der Waals surface area contributed by atoms with Crippen molar-refractivity contribution in [3.05, 3.63) is 29.8 Å². The van der Waals surface area contributed by atoms with Gasteiger partial charge >= 0.3 is 0 Å². The molecule has 102 valence electrons. The van der Waals surface area contributed by atoms with Gasteiger partial charge in [0.15, 0.2) is 0 Å². The van der Waals surface area contributed by atoms with E-state index in [1.807, 2.05) is 12.1 Å². The first-order valence-electron chi connectivity index (χ1n) is 7.10. The fraction of sp³-hybridized carbons (Fsp3) is 0.625. The van der Waals surface area contributed by atoms with E-state index in [4.69, 9.17) is 4.74 Å². The van der Waals surface area contributed by atoms with Crippen LogP contribution in [0.1, 0.15) is 39.2 Å². The van der Waals surface area contributed by atoms with Crippen molar-refractivity contribution in [3.8, 4) is 5.75 Å². The standard InChI is InChI=1S/C16H27NO/c1-5-14(4)16(17-6-2)10-11-18-15-9-7-8-13(3)12-15/h7-9,12,14,16-17H,5-6,10-11H2,1-4H3. The van der Waals surface area contributed by atoms with Gasteiger partial charge < -0.3 is 10.1 Å². The van der Waals surface area contributed by atoms with Crippen molar-refractivity contribution >= 4 is 0 Å². The van der Waals surface area contributed by atoms with Crippen molar-refractivity contribution in [1.29, 1.82) is 0 Å². The molecule has 1 rings (SSSR count). The Morgan fingerprint density at radius 3 is 2.67 bits per heavy atom. The third-order valence-corrected chi connectivity index (χ3v) is 3.48. The van der Waals surface area contributed by atoms with Gasteiger partial charge in [0, 0.05) is 6.04 Å². The van der Waals surface area contributed by atoms with Gasteiger partial charge in [0.2, 0.25) is 0 Å². The number of benzene rings is 1. The van der Waals surface area contributed by atoms with Gasteiger partial charge in [-0.1, -0.05) is 39.3 Å². The molecule has 2 heteroatoms. The molecule has 18 heavy (non-hydrogen) atoms. The highest BCUT2D eigenvalue weighted by molar-refractivity contribution is 5.27. The minimum Gasteiger partial charge on any atom is -0.494 e. The molecule has 0 saturated heterocycles. The van der Waals surface area contributed by atoms with E-state index in [0.29, 0.717) is 12.0 Å². The van der Waals surface area contributed by atoms with E-state index >= 15 is 0 Å². The summed E-state index contributed by atoms with van der Waals surface area (Å²) >= 11 is 0. The molecule has 1 aromatic rings. The fourth-order valence-corrected chi connectivity index (χ4v) is 2.14. The second-order valence-corrected chi connectivity index (χ2v) is 5.00. The monoisotopic (exact) mass is 249 g/mol. The van der Waals surface area contributed by atoms with Crippen LogP contribution < -0.4 is 10.1 Å². The highest BCUT2D eigenvalue weighted by atomic mass is 16.5. The van der Waals surface area contributed by atoms with E-state index in [-0.39, 0.29) is 0 Å². The number of hydrogen-bond acceptors (Lipinski definition) is 2. The lowest BCUT2D eigenvalue weighted by Gasteiger charge is -2.23. The number of nitrogens with one attached hydrogen (secondary N) is 1. The maximum atomic E-state index is 5.82. The van der Waals surface area contributed by atoms with Crippen LogP contribution in [0.15, 0.2) is 24.3 Å². The first-order chi connectivity index (χ1) is 8.67. The van der Waals surface area contributed by atoms with Gasteiger partial charge in [-0.25, -0.2) is 0 Å². The van der Waals surface area contributed by atoms with Gasteiger partial charge in [0.05, 0.1) is 6.61 Å². The second kappa shape index (κ2) is 8.15. The van der Waals surface area contributed by atoms with Gasteiger partial charge in [0.1, 0.15) is 5.75 Å². The molecule has 0 aliphatic rings. The summed E-state index contributed by atoms with van der Waals surface area (Å²) in [5.74, 6) is 1.68. The van der Waals surface area contributed by atoms with E-state index in [0.717, 1.165) is 25.3 Å². The molecule has 2 atom stereocenters. The predicted molar refractivity (Wildman–Crippen MR) is 78.2 cm³/mol. The third kappa shape index (κ3) is 5.09. The van der Waals surface area contributed by atoms with Crippen molar-refractivity contribution in [2.24, 2.45) is 5.92 Å². The molecular weight excluding hydrogens is 222 g/mol. The van der Waals surface area contributed by atoms with Crippen LogP contribution in [0.2, 0.25) is 0 Å². The largest absolute Gasteiger partial charge is 0.494 e. The summed E-state index contributed by atoms with van der Waals surface area (Å²) in [7, 11) is 0. The molecule has 0 fully saturated rings. The zero-order valence-corrected chi connectivity index (χ0v) is 12.2. The summed E-state index contributed by atoms with van der Waals surface area (Å²) in [6.45, 7) is 10.6. The molecule has 0 bridgehead atoms. The molecule has 0 amide bonds. The van der Waals surface area contributed by atoms with E-state index in [9.17, 15) is 0 Å². The summed E-state index contributed by atoms with van der Waals surface area (Å²) in [6, 6.07) is 8.81. The van der Waals surface area contributed by atoms with Crippen molar-refractivity contribution in [2.75, 3.05) is 13.2 Å². The Hall–Kier alpha value is -1.02. The molecule has 0 saturated carbocycles. The van der Waals surface area contributed by atoms with Crippen LogP contribution in [0.3, 0.4) is 0 Å². The van der Waals surface area contributed by atoms with Crippen LogP contribution >= 0.6 is 0 Å². The average molecular weight is 249 g/mol. The third-order valence-electron chi connectivity index (χ3n) is 3.48. The quantitative estimate of drug-likeness (QED) is 0.757. The average Bonchev–Trinajstić information content (AvgIpc) is 2.37. The lowest BCUT2D eigenvalue weighted by Crippen LogP contribution is -2.36. The summed E-state index contributed by atoms with van der Waals surface area (Å²) in [5.41, 5.74) is 1.25. The molecule has 1 N–H and O–H groups in total. The molecule has 0 spiro atoms. The highest BCUT2D eigenvalue weighted by Crippen LogP contribution is 2.15. The smallest absolute Gasteiger partial charge is 0.119 e. The highest BCUT2D eigenvalue weighted by Gasteiger charge is 2.14. The van der Waals surface area contributed by atoms with E-state index in [1.54, 1.807) is 0 Å². The lowest BCUT2D eigenvalue weighted by atomic mass is 9.96. The van der Waals surface area contributed by atoms with E-state index < -0.39 is 0 Å². The van der Waals surface area contributed by atoms with Gasteiger partial charge in [-0.3, -0.25) is 0 Å². The zero-order chi connectivity index (χ0) is 13.4. The minimum atomic E-state index is 0.560. The van der Waals surface area contributed by atoms with Gasteiger partial charge in [-0.2, -0.15) is 0 Å². The molecule has 0 aliphatic heterocycles. The molecule has 2 nitrogen and oxygen atoms in total. The van der Waals surface area contributed by atoms with Gasteiger partial charge in [-0.15, -0.1) is 0 Å². The maximum absolute atomic E-state index is 5.82. The summed E-state index contributed by atoms with van der Waals surface area (Å²) in [4.78, 5) is 0. The molecule has 2 unspecified atom stereocenters. The Morgan fingerprint density at radius 1 is 1.28 bits per heavy atom. The maximum Gasteiger partial charge on any atom is 0.119 e. The minimum absolute atomic E-state index is 0.560. The molecular formula is C16H27NO. The first kappa shape index (κ1) is 15.0. The molecule has 0 aliphatic carbocycles. The van der Waals surface area contributed by atoms with Crippen LogP contribution in [0.25, 0.3) is 0 Å². The van der Waals surface area contributed by atoms with Gasteiger partial charge in [-0.05, 0) is 43.5 Å². The van der Waals surface area contributed by atoms with Crippen LogP contribution in [-0.2, 0) is 0 Å². The van der Waals surface area contributed by atoms with Crippen molar-refractivity contribution < 1.29 is 4.74 Å². The van der Waals surface area contributed by atoms with Crippen molar-refractivity contribution in [1.82, 2.24) is 5.32 Å². The number of aryl methyl sites for hydroxylation is 1. The van der Waals surface area contributed by atoms with Crippen LogP contribution in [0, 0.1) is 12.8 Å². The Morgan fingerprint density at radius 2 is 2.06 bits per heavy atom. The Labute approximate surface area is 112 Å². The topological polar surface area (TPSA) is 21.3 Å². The Kier molecular flexibility index (Phi) is 6.81. The van der Waals surface area contributed by atoms with E-state index in [2.05, 4.69) is 45.1 Å².